The molecule has 0 amide bonds. The number of nitrogens with zero attached hydrogens (tertiary/aromatic N) is 1. The van der Waals surface area contributed by atoms with Crippen LogP contribution in [0.25, 0.3) is 0 Å². The van der Waals surface area contributed by atoms with Crippen LogP contribution in [0, 0.1) is 20.8 Å². The zero-order valence-electron chi connectivity index (χ0n) is 14.0. The van der Waals surface area contributed by atoms with Crippen LogP contribution >= 0.6 is 11.3 Å². The van der Waals surface area contributed by atoms with Gasteiger partial charge in [-0.25, -0.2) is 0 Å². The van der Waals surface area contributed by atoms with E-state index >= 15 is 0 Å². The second-order valence-corrected chi connectivity index (χ2v) is 7.00. The summed E-state index contributed by atoms with van der Waals surface area (Å²) in [7, 11) is 1.80. The summed E-state index contributed by atoms with van der Waals surface area (Å²) in [5, 5.41) is 6.78. The van der Waals surface area contributed by atoms with Crippen LogP contribution in [-0.4, -0.2) is 19.0 Å². The van der Waals surface area contributed by atoms with E-state index < -0.39 is 0 Å². The highest BCUT2D eigenvalue weighted by Gasteiger charge is 2.09. The smallest absolute Gasteiger partial charge is 0.191 e. The summed E-state index contributed by atoms with van der Waals surface area (Å²) in [6.45, 7) is 8.99. The lowest BCUT2D eigenvalue weighted by molar-refractivity contribution is 0.500. The van der Waals surface area contributed by atoms with E-state index in [4.69, 9.17) is 4.42 Å². The Morgan fingerprint density at radius 2 is 2.09 bits per heavy atom. The van der Waals surface area contributed by atoms with Gasteiger partial charge in [0.05, 0.1) is 0 Å². The lowest BCUT2D eigenvalue weighted by Crippen LogP contribution is -2.42. The van der Waals surface area contributed by atoms with Crippen molar-refractivity contribution in [3.8, 4) is 0 Å². The molecule has 4 nitrogen and oxygen atoms in total. The molecule has 0 aliphatic rings. The first-order valence-corrected chi connectivity index (χ1v) is 8.38. The molecule has 0 spiro atoms. The van der Waals surface area contributed by atoms with Crippen LogP contribution < -0.4 is 10.6 Å². The fourth-order valence-electron chi connectivity index (χ4n) is 2.41. The van der Waals surface area contributed by atoms with Crippen LogP contribution in [0.1, 0.15) is 33.8 Å². The molecule has 0 aliphatic heterocycles. The van der Waals surface area contributed by atoms with E-state index in [-0.39, 0.29) is 0 Å². The Balaban J connectivity index is 1.85. The maximum Gasteiger partial charge on any atom is 0.191 e. The molecular formula is C17H25N3OS. The molecule has 0 aromatic carbocycles. The lowest BCUT2D eigenvalue weighted by Gasteiger charge is -2.17. The molecule has 0 bridgehead atoms. The molecule has 2 N–H and O–H groups in total. The van der Waals surface area contributed by atoms with Crippen LogP contribution in [0.5, 0.6) is 0 Å². The molecule has 2 rings (SSSR count). The summed E-state index contributed by atoms with van der Waals surface area (Å²) in [5.41, 5.74) is 1.17. The lowest BCUT2D eigenvalue weighted by atomic mass is 10.2. The van der Waals surface area contributed by atoms with Crippen LogP contribution in [0.2, 0.25) is 0 Å². The van der Waals surface area contributed by atoms with Crippen LogP contribution in [0.3, 0.4) is 0 Å². The van der Waals surface area contributed by atoms with E-state index in [1.807, 2.05) is 25.2 Å². The number of aryl methyl sites for hydroxylation is 3. The number of thiophene rings is 1. The number of rotatable bonds is 5. The molecule has 120 valence electrons. The van der Waals surface area contributed by atoms with Gasteiger partial charge in [-0.2, -0.15) is 0 Å². The summed E-state index contributed by atoms with van der Waals surface area (Å²) in [5.74, 6) is 2.72. The molecule has 1 atom stereocenters. The van der Waals surface area contributed by atoms with Gasteiger partial charge in [0.2, 0.25) is 0 Å². The molecule has 0 radical (unpaired) electrons. The van der Waals surface area contributed by atoms with Gasteiger partial charge in [0, 0.05) is 41.4 Å². The monoisotopic (exact) mass is 319 g/mol. The van der Waals surface area contributed by atoms with E-state index in [1.54, 1.807) is 7.05 Å². The van der Waals surface area contributed by atoms with E-state index in [9.17, 15) is 0 Å². The second-order valence-electron chi connectivity index (χ2n) is 5.63. The third kappa shape index (κ3) is 4.63. The molecule has 0 saturated heterocycles. The Labute approximate surface area is 136 Å². The van der Waals surface area contributed by atoms with Gasteiger partial charge in [0.1, 0.15) is 11.5 Å². The molecule has 2 heterocycles. The minimum atomic E-state index is 0.330. The largest absolute Gasteiger partial charge is 0.466 e. The average Bonchev–Trinajstić information content (AvgIpc) is 3.00. The molecule has 0 saturated carbocycles. The summed E-state index contributed by atoms with van der Waals surface area (Å²) >= 11 is 1.85. The fraction of sp³-hybridized carbons (Fsp3) is 0.471. The number of guanidine groups is 1. The first-order chi connectivity index (χ1) is 10.5. The van der Waals surface area contributed by atoms with Crippen molar-refractivity contribution in [2.24, 2.45) is 4.99 Å². The number of nitrogens with one attached hydrogen (secondary N) is 2. The highest BCUT2D eigenvalue weighted by Crippen LogP contribution is 2.16. The first kappa shape index (κ1) is 16.6. The van der Waals surface area contributed by atoms with E-state index in [0.717, 1.165) is 23.9 Å². The predicted octanol–water partition coefficient (Wildman–Crippen LogP) is 3.56. The van der Waals surface area contributed by atoms with Crippen molar-refractivity contribution < 1.29 is 4.42 Å². The number of aliphatic imine (C=N–C) groups is 1. The average molecular weight is 319 g/mol. The van der Waals surface area contributed by atoms with Gasteiger partial charge in [-0.15, -0.1) is 11.3 Å². The van der Waals surface area contributed by atoms with Gasteiger partial charge in [0.25, 0.3) is 0 Å². The van der Waals surface area contributed by atoms with Gasteiger partial charge in [-0.3, -0.25) is 4.99 Å². The Kier molecular flexibility index (Phi) is 5.66. The molecule has 2 aromatic rings. The second kappa shape index (κ2) is 7.49. The molecule has 2 aromatic heterocycles. The van der Waals surface area contributed by atoms with Gasteiger partial charge < -0.3 is 15.1 Å². The van der Waals surface area contributed by atoms with Crippen molar-refractivity contribution in [1.29, 1.82) is 0 Å². The molecule has 0 aliphatic carbocycles. The van der Waals surface area contributed by atoms with Crippen molar-refractivity contribution >= 4 is 17.3 Å². The van der Waals surface area contributed by atoms with E-state index in [1.165, 1.54) is 15.3 Å². The van der Waals surface area contributed by atoms with Gasteiger partial charge in [0.15, 0.2) is 5.96 Å². The van der Waals surface area contributed by atoms with Crippen molar-refractivity contribution in [1.82, 2.24) is 10.6 Å². The standard InChI is InChI=1S/C17H25N3OS/c1-11(8-16-7-6-13(3)22-16)20-17(18-5)19-10-15-9-12(2)21-14(15)4/h6-7,9,11H,8,10H2,1-5H3,(H2,18,19,20). The van der Waals surface area contributed by atoms with Gasteiger partial charge in [-0.05, 0) is 45.9 Å². The predicted molar refractivity (Wildman–Crippen MR) is 93.7 cm³/mol. The highest BCUT2D eigenvalue weighted by molar-refractivity contribution is 7.11. The van der Waals surface area contributed by atoms with Gasteiger partial charge >= 0.3 is 0 Å². The normalized spacial score (nSPS) is 13.2. The number of hydrogen-bond acceptors (Lipinski definition) is 3. The number of furan rings is 1. The molecule has 0 fully saturated rings. The maximum atomic E-state index is 5.54. The molecule has 5 heteroatoms. The van der Waals surface area contributed by atoms with E-state index in [0.29, 0.717) is 12.6 Å². The summed E-state index contributed by atoms with van der Waals surface area (Å²) < 4.78 is 5.54. The fourth-order valence-corrected chi connectivity index (χ4v) is 3.43. The molecule has 1 unspecified atom stereocenters. The topological polar surface area (TPSA) is 49.6 Å². The van der Waals surface area contributed by atoms with Crippen LogP contribution in [0.4, 0.5) is 0 Å². The Hall–Kier alpha value is -1.75. The van der Waals surface area contributed by atoms with Gasteiger partial charge in [-0.1, -0.05) is 0 Å². The summed E-state index contributed by atoms with van der Waals surface area (Å²) in [4.78, 5) is 7.05. The Morgan fingerprint density at radius 3 is 2.64 bits per heavy atom. The zero-order chi connectivity index (χ0) is 16.1. The first-order valence-electron chi connectivity index (χ1n) is 7.56. The SMILES string of the molecule is CN=C(NCc1cc(C)oc1C)NC(C)Cc1ccc(C)s1. The van der Waals surface area contributed by atoms with Crippen molar-refractivity contribution in [3.05, 3.63) is 45.0 Å². The maximum absolute atomic E-state index is 5.54. The zero-order valence-corrected chi connectivity index (χ0v) is 14.8. The third-order valence-electron chi connectivity index (χ3n) is 3.50. The minimum absolute atomic E-state index is 0.330. The highest BCUT2D eigenvalue weighted by atomic mass is 32.1. The summed E-state index contributed by atoms with van der Waals surface area (Å²) in [6.07, 6.45) is 1.00. The number of hydrogen-bond donors (Lipinski definition) is 2. The molecule has 22 heavy (non-hydrogen) atoms. The Bertz CT molecular complexity index is 642. The third-order valence-corrected chi connectivity index (χ3v) is 4.52. The van der Waals surface area contributed by atoms with Crippen molar-refractivity contribution in [3.63, 3.8) is 0 Å². The quantitative estimate of drug-likeness (QED) is 0.654. The minimum Gasteiger partial charge on any atom is -0.466 e. The Morgan fingerprint density at radius 1 is 1.32 bits per heavy atom. The van der Waals surface area contributed by atoms with Crippen molar-refractivity contribution in [2.75, 3.05) is 7.05 Å². The van der Waals surface area contributed by atoms with Crippen LogP contribution in [0.15, 0.2) is 27.6 Å². The molecular weight excluding hydrogens is 294 g/mol. The van der Waals surface area contributed by atoms with Crippen LogP contribution in [-0.2, 0) is 13.0 Å². The van der Waals surface area contributed by atoms with E-state index in [2.05, 4.69) is 47.7 Å². The summed E-state index contributed by atoms with van der Waals surface area (Å²) in [6, 6.07) is 6.76. The van der Waals surface area contributed by atoms with Crippen molar-refractivity contribution in [2.45, 2.75) is 46.7 Å².